The number of hydrogen-bond acceptors (Lipinski definition) is 6. The van der Waals surface area contributed by atoms with Gasteiger partial charge in [0.1, 0.15) is 17.4 Å². The van der Waals surface area contributed by atoms with Crippen LogP contribution in [0.2, 0.25) is 0 Å². The Bertz CT molecular complexity index is 1130. The number of methoxy groups -OCH3 is 1. The van der Waals surface area contributed by atoms with E-state index in [1.165, 1.54) is 30.6 Å². The Morgan fingerprint density at radius 2 is 2.00 bits per heavy atom. The molecule has 1 atom stereocenters. The molecule has 0 spiro atoms. The lowest BCUT2D eigenvalue weighted by Gasteiger charge is -2.24. The monoisotopic (exact) mass is 479 g/mol. The van der Waals surface area contributed by atoms with E-state index < -0.39 is 11.7 Å². The zero-order chi connectivity index (χ0) is 22.9. The van der Waals surface area contributed by atoms with Crippen LogP contribution in [0.15, 0.2) is 47.4 Å². The number of thioether (sulfide) groups is 1. The Kier molecular flexibility index (Phi) is 6.48. The van der Waals surface area contributed by atoms with Crippen molar-refractivity contribution >= 4 is 29.1 Å². The first-order valence-corrected chi connectivity index (χ1v) is 11.6. The minimum atomic E-state index is -4.35. The summed E-state index contributed by atoms with van der Waals surface area (Å²) in [5.41, 5.74) is 1.84. The van der Waals surface area contributed by atoms with Gasteiger partial charge in [0.15, 0.2) is 0 Å². The van der Waals surface area contributed by atoms with E-state index in [1.807, 2.05) is 25.1 Å². The topological polar surface area (TPSA) is 48.4 Å². The number of halogens is 3. The molecule has 2 aromatic carbocycles. The van der Waals surface area contributed by atoms with Gasteiger partial charge < -0.3 is 9.47 Å². The highest BCUT2D eigenvalue weighted by Crippen LogP contribution is 2.37. The average molecular weight is 480 g/mol. The number of esters is 1. The third-order valence-corrected chi connectivity index (χ3v) is 7.60. The Hall–Kier alpha value is -2.52. The standard InChI is InChI=1S/C23H20F3NO3S2/c1-13-20(32-21(27-13)14-3-5-17(6-4-14)23(24,25)26)12-31-18-7-8-19-15(10-18)9-16(11-30-19)22(28)29-2/h3-8,10,16H,9,11-12H2,1-2H3. The van der Waals surface area contributed by atoms with Crippen LogP contribution in [-0.4, -0.2) is 24.7 Å². The lowest BCUT2D eigenvalue weighted by molar-refractivity contribution is -0.146. The maximum Gasteiger partial charge on any atom is 0.416 e. The number of fused-ring (bicyclic) bond motifs is 1. The number of benzene rings is 2. The first kappa shape index (κ1) is 22.7. The molecule has 2 heterocycles. The second kappa shape index (κ2) is 9.15. The summed E-state index contributed by atoms with van der Waals surface area (Å²) in [6.45, 7) is 2.22. The van der Waals surface area contributed by atoms with Gasteiger partial charge in [0, 0.05) is 21.1 Å². The molecule has 4 nitrogen and oxygen atoms in total. The smallest absolute Gasteiger partial charge is 0.416 e. The van der Waals surface area contributed by atoms with Crippen LogP contribution in [0.1, 0.15) is 21.7 Å². The summed E-state index contributed by atoms with van der Waals surface area (Å²) in [4.78, 5) is 18.5. The van der Waals surface area contributed by atoms with Crippen molar-refractivity contribution in [3.05, 3.63) is 64.2 Å². The number of aromatic nitrogens is 1. The fourth-order valence-electron chi connectivity index (χ4n) is 3.41. The molecule has 4 rings (SSSR count). The predicted octanol–water partition coefficient (Wildman–Crippen LogP) is 6.15. The van der Waals surface area contributed by atoms with Gasteiger partial charge >= 0.3 is 12.1 Å². The van der Waals surface area contributed by atoms with Crippen molar-refractivity contribution in [1.82, 2.24) is 4.98 Å². The van der Waals surface area contributed by atoms with Crippen LogP contribution in [0, 0.1) is 12.8 Å². The minimum absolute atomic E-state index is 0.273. The maximum atomic E-state index is 12.8. The molecule has 0 bridgehead atoms. The van der Waals surface area contributed by atoms with Gasteiger partial charge in [0.2, 0.25) is 0 Å². The van der Waals surface area contributed by atoms with Crippen LogP contribution in [0.25, 0.3) is 10.6 Å². The molecule has 1 unspecified atom stereocenters. The Morgan fingerprint density at radius 1 is 1.25 bits per heavy atom. The van der Waals surface area contributed by atoms with E-state index in [2.05, 4.69) is 4.98 Å². The zero-order valence-electron chi connectivity index (χ0n) is 17.4. The summed E-state index contributed by atoms with van der Waals surface area (Å²) in [7, 11) is 1.38. The average Bonchev–Trinajstić information content (AvgIpc) is 3.16. The quantitative estimate of drug-likeness (QED) is 0.324. The maximum absolute atomic E-state index is 12.8. The number of thiazole rings is 1. The summed E-state index contributed by atoms with van der Waals surface area (Å²) in [5.74, 6) is 0.894. The Labute approximate surface area is 191 Å². The van der Waals surface area contributed by atoms with Crippen LogP contribution in [0.4, 0.5) is 13.2 Å². The number of aryl methyl sites for hydroxylation is 1. The molecular formula is C23H20F3NO3S2. The number of rotatable bonds is 5. The SMILES string of the molecule is COC(=O)C1COc2ccc(SCc3sc(-c4ccc(C(F)(F)F)cc4)nc3C)cc2C1. The van der Waals surface area contributed by atoms with Crippen LogP contribution in [0.5, 0.6) is 5.75 Å². The molecule has 168 valence electrons. The second-order valence-corrected chi connectivity index (χ2v) is 9.53. The number of alkyl halides is 3. The number of carbonyl (C=O) groups is 1. The van der Waals surface area contributed by atoms with Crippen molar-refractivity contribution in [1.29, 1.82) is 0 Å². The van der Waals surface area contributed by atoms with Gasteiger partial charge in [-0.25, -0.2) is 4.98 Å². The largest absolute Gasteiger partial charge is 0.492 e. The third kappa shape index (κ3) is 4.94. The highest BCUT2D eigenvalue weighted by atomic mass is 32.2. The first-order valence-electron chi connectivity index (χ1n) is 9.85. The van der Waals surface area contributed by atoms with Crippen LogP contribution in [0.3, 0.4) is 0 Å². The number of carbonyl (C=O) groups excluding carboxylic acids is 1. The Balaban J connectivity index is 1.45. The molecule has 3 aromatic rings. The highest BCUT2D eigenvalue weighted by molar-refractivity contribution is 7.98. The van der Waals surface area contributed by atoms with Gasteiger partial charge in [-0.2, -0.15) is 13.2 Å². The normalized spacial score (nSPS) is 15.7. The van der Waals surface area contributed by atoms with Crippen molar-refractivity contribution in [2.75, 3.05) is 13.7 Å². The third-order valence-electron chi connectivity index (χ3n) is 5.19. The molecule has 0 N–H and O–H groups in total. The van der Waals surface area contributed by atoms with E-state index in [1.54, 1.807) is 11.8 Å². The van der Waals surface area contributed by atoms with E-state index >= 15 is 0 Å². The van der Waals surface area contributed by atoms with Gasteiger partial charge in [0.25, 0.3) is 0 Å². The van der Waals surface area contributed by atoms with Crippen molar-refractivity contribution in [2.45, 2.75) is 30.2 Å². The summed E-state index contributed by atoms with van der Waals surface area (Å²) in [5, 5.41) is 0.701. The minimum Gasteiger partial charge on any atom is -0.492 e. The van der Waals surface area contributed by atoms with Gasteiger partial charge in [-0.1, -0.05) is 12.1 Å². The van der Waals surface area contributed by atoms with Gasteiger partial charge in [-0.3, -0.25) is 4.79 Å². The Morgan fingerprint density at radius 3 is 2.69 bits per heavy atom. The van der Waals surface area contributed by atoms with Crippen LogP contribution in [-0.2, 0) is 27.9 Å². The molecule has 1 aliphatic heterocycles. The molecule has 0 aliphatic carbocycles. The van der Waals surface area contributed by atoms with Crippen molar-refractivity contribution < 1.29 is 27.4 Å². The second-order valence-electron chi connectivity index (χ2n) is 7.40. The van der Waals surface area contributed by atoms with E-state index in [9.17, 15) is 18.0 Å². The van der Waals surface area contributed by atoms with Gasteiger partial charge in [0.05, 0.1) is 24.3 Å². The molecule has 9 heteroatoms. The van der Waals surface area contributed by atoms with E-state index in [4.69, 9.17) is 9.47 Å². The molecule has 0 saturated heterocycles. The lowest BCUT2D eigenvalue weighted by atomic mass is 9.97. The number of ether oxygens (including phenoxy) is 2. The molecule has 1 aromatic heterocycles. The first-order chi connectivity index (χ1) is 15.2. The molecule has 32 heavy (non-hydrogen) atoms. The number of nitrogens with zero attached hydrogens (tertiary/aromatic N) is 1. The van der Waals surface area contributed by atoms with Crippen molar-refractivity contribution in [2.24, 2.45) is 5.92 Å². The molecule has 0 radical (unpaired) electrons. The summed E-state index contributed by atoms with van der Waals surface area (Å²) in [6.07, 6.45) is -3.77. The van der Waals surface area contributed by atoms with Gasteiger partial charge in [-0.05, 0) is 49.2 Å². The summed E-state index contributed by atoms with van der Waals surface area (Å²) in [6, 6.07) is 11.0. The molecule has 0 saturated carbocycles. The van der Waals surface area contributed by atoms with E-state index in [0.29, 0.717) is 29.4 Å². The zero-order valence-corrected chi connectivity index (χ0v) is 19.0. The fourth-order valence-corrected chi connectivity index (χ4v) is 5.59. The predicted molar refractivity (Wildman–Crippen MR) is 118 cm³/mol. The number of hydrogen-bond donors (Lipinski definition) is 0. The van der Waals surface area contributed by atoms with E-state index in [0.717, 1.165) is 38.9 Å². The summed E-state index contributed by atoms with van der Waals surface area (Å²) >= 11 is 3.12. The fraction of sp³-hybridized carbons (Fsp3) is 0.304. The molecule has 1 aliphatic rings. The lowest BCUT2D eigenvalue weighted by Crippen LogP contribution is -2.29. The summed E-state index contributed by atoms with van der Waals surface area (Å²) < 4.78 is 48.9. The van der Waals surface area contributed by atoms with Crippen molar-refractivity contribution in [3.8, 4) is 16.3 Å². The highest BCUT2D eigenvalue weighted by Gasteiger charge is 2.30. The van der Waals surface area contributed by atoms with Crippen molar-refractivity contribution in [3.63, 3.8) is 0 Å². The van der Waals surface area contributed by atoms with E-state index in [-0.39, 0.29) is 11.9 Å². The molecule has 0 fully saturated rings. The molecular weight excluding hydrogens is 459 g/mol. The van der Waals surface area contributed by atoms with Gasteiger partial charge in [-0.15, -0.1) is 23.1 Å². The molecule has 0 amide bonds. The van der Waals surface area contributed by atoms with Crippen LogP contribution >= 0.6 is 23.1 Å². The van der Waals surface area contributed by atoms with Crippen LogP contribution < -0.4 is 4.74 Å².